The molecule has 2 heterocycles. The molecule has 0 saturated carbocycles. The molecule has 0 aromatic carbocycles. The molecule has 1 unspecified atom stereocenters. The molecule has 0 aliphatic rings. The molecule has 2 aromatic rings. The molecule has 0 aliphatic heterocycles. The van der Waals surface area contributed by atoms with Crippen molar-refractivity contribution in [3.05, 3.63) is 34.1 Å². The molecular weight excluding hydrogens is 238 g/mol. The van der Waals surface area contributed by atoms with Crippen molar-refractivity contribution in [2.24, 2.45) is 5.73 Å². The number of nitrogens with zero attached hydrogens (tertiary/aromatic N) is 2. The highest BCUT2D eigenvalue weighted by molar-refractivity contribution is 7.10. The monoisotopic (exact) mass is 253 g/mol. The fraction of sp³-hybridized carbons (Fsp3) is 0.455. The summed E-state index contributed by atoms with van der Waals surface area (Å²) in [5.74, 6) is 0.975. The topological polar surface area (TPSA) is 74.2 Å². The van der Waals surface area contributed by atoms with Gasteiger partial charge in [-0.1, -0.05) is 18.1 Å². The molecule has 2 aromatic heterocycles. The zero-order valence-corrected chi connectivity index (χ0v) is 10.4. The third kappa shape index (κ3) is 3.12. The summed E-state index contributed by atoms with van der Waals surface area (Å²) >= 11 is 1.57. The second kappa shape index (κ2) is 5.90. The Morgan fingerprint density at radius 3 is 3.18 bits per heavy atom. The van der Waals surface area contributed by atoms with Gasteiger partial charge in [-0.05, 0) is 17.9 Å². The summed E-state index contributed by atoms with van der Waals surface area (Å²) in [6.07, 6.45) is 0.972. The third-order valence-electron chi connectivity index (χ3n) is 2.18. The molecule has 6 heteroatoms. The van der Waals surface area contributed by atoms with Crippen molar-refractivity contribution in [3.8, 4) is 0 Å². The van der Waals surface area contributed by atoms with Crippen molar-refractivity contribution in [1.29, 1.82) is 0 Å². The van der Waals surface area contributed by atoms with Crippen molar-refractivity contribution < 1.29 is 9.26 Å². The zero-order chi connectivity index (χ0) is 12.1. The molecule has 0 spiro atoms. The molecule has 0 fully saturated rings. The Bertz CT molecular complexity index is 441. The second-order valence-electron chi connectivity index (χ2n) is 3.59. The molecule has 0 aliphatic carbocycles. The summed E-state index contributed by atoms with van der Waals surface area (Å²) < 4.78 is 10.5. The molecule has 2 rings (SSSR count). The minimum absolute atomic E-state index is 0.345. The maximum absolute atomic E-state index is 6.00. The van der Waals surface area contributed by atoms with Gasteiger partial charge in [0.1, 0.15) is 12.6 Å². The van der Waals surface area contributed by atoms with Crippen LogP contribution in [0, 0.1) is 0 Å². The van der Waals surface area contributed by atoms with Gasteiger partial charge in [0.15, 0.2) is 5.82 Å². The van der Waals surface area contributed by atoms with E-state index in [4.69, 9.17) is 15.0 Å². The summed E-state index contributed by atoms with van der Waals surface area (Å²) in [7, 11) is 0. The van der Waals surface area contributed by atoms with E-state index in [1.807, 2.05) is 24.4 Å². The molecule has 1 atom stereocenters. The lowest BCUT2D eigenvalue weighted by Gasteiger charge is -2.01. The molecule has 0 saturated heterocycles. The van der Waals surface area contributed by atoms with Crippen LogP contribution in [-0.2, 0) is 11.3 Å². The molecular formula is C11H15N3O2S. The van der Waals surface area contributed by atoms with Crippen LogP contribution in [0.5, 0.6) is 0 Å². The minimum Gasteiger partial charge on any atom is -0.373 e. The predicted molar refractivity (Wildman–Crippen MR) is 64.6 cm³/mol. The number of thiophene rings is 1. The highest BCUT2D eigenvalue weighted by Crippen LogP contribution is 2.22. The van der Waals surface area contributed by atoms with Crippen LogP contribution in [0.2, 0.25) is 0 Å². The van der Waals surface area contributed by atoms with Crippen molar-refractivity contribution in [1.82, 2.24) is 10.1 Å². The summed E-state index contributed by atoms with van der Waals surface area (Å²) in [5, 5.41) is 5.80. The van der Waals surface area contributed by atoms with E-state index in [0.29, 0.717) is 24.9 Å². The number of ether oxygens (including phenoxy) is 1. The van der Waals surface area contributed by atoms with Gasteiger partial charge in [0.05, 0.1) is 0 Å². The van der Waals surface area contributed by atoms with E-state index in [-0.39, 0.29) is 6.04 Å². The first-order chi connectivity index (χ1) is 8.31. The van der Waals surface area contributed by atoms with Crippen molar-refractivity contribution >= 4 is 11.3 Å². The van der Waals surface area contributed by atoms with Gasteiger partial charge in [-0.25, -0.2) is 0 Å². The quantitative estimate of drug-likeness (QED) is 0.798. The van der Waals surface area contributed by atoms with E-state index < -0.39 is 0 Å². The number of nitrogens with two attached hydrogens (primary N) is 1. The Balaban J connectivity index is 1.98. The van der Waals surface area contributed by atoms with Crippen molar-refractivity contribution in [3.63, 3.8) is 0 Å². The summed E-state index contributed by atoms with van der Waals surface area (Å²) in [4.78, 5) is 5.23. The Hall–Kier alpha value is -1.24. The minimum atomic E-state index is -0.345. The van der Waals surface area contributed by atoms with Crippen molar-refractivity contribution in [2.45, 2.75) is 26.0 Å². The second-order valence-corrected chi connectivity index (χ2v) is 4.57. The maximum Gasteiger partial charge on any atom is 0.249 e. The van der Waals surface area contributed by atoms with Crippen LogP contribution in [-0.4, -0.2) is 16.7 Å². The number of rotatable bonds is 6. The van der Waals surface area contributed by atoms with Gasteiger partial charge in [0, 0.05) is 11.5 Å². The molecule has 0 bridgehead atoms. The van der Waals surface area contributed by atoms with Crippen LogP contribution in [0.15, 0.2) is 22.0 Å². The third-order valence-corrected chi connectivity index (χ3v) is 3.13. The highest BCUT2D eigenvalue weighted by atomic mass is 32.1. The van der Waals surface area contributed by atoms with Crippen LogP contribution in [0.3, 0.4) is 0 Å². The van der Waals surface area contributed by atoms with Gasteiger partial charge in [-0.2, -0.15) is 4.98 Å². The summed E-state index contributed by atoms with van der Waals surface area (Å²) in [6, 6.07) is 3.55. The Labute approximate surface area is 104 Å². The Morgan fingerprint density at radius 2 is 2.47 bits per heavy atom. The van der Waals surface area contributed by atoms with Gasteiger partial charge >= 0.3 is 0 Å². The molecule has 17 heavy (non-hydrogen) atoms. The maximum atomic E-state index is 6.00. The smallest absolute Gasteiger partial charge is 0.249 e. The van der Waals surface area contributed by atoms with E-state index in [1.165, 1.54) is 0 Å². The largest absolute Gasteiger partial charge is 0.373 e. The fourth-order valence-corrected chi connectivity index (χ4v) is 2.07. The van der Waals surface area contributed by atoms with Gasteiger partial charge in [0.25, 0.3) is 0 Å². The van der Waals surface area contributed by atoms with Gasteiger partial charge in [-0.3, -0.25) is 0 Å². The van der Waals surface area contributed by atoms with Crippen LogP contribution < -0.4 is 5.73 Å². The zero-order valence-electron chi connectivity index (χ0n) is 9.63. The first kappa shape index (κ1) is 12.2. The van der Waals surface area contributed by atoms with E-state index in [1.54, 1.807) is 11.3 Å². The predicted octanol–water partition coefficient (Wildman–Crippen LogP) is 2.11. The Morgan fingerprint density at radius 1 is 1.59 bits per heavy atom. The van der Waals surface area contributed by atoms with Gasteiger partial charge in [-0.15, -0.1) is 11.3 Å². The number of hydrogen-bond acceptors (Lipinski definition) is 6. The van der Waals surface area contributed by atoms with E-state index in [2.05, 4.69) is 10.1 Å². The lowest BCUT2D eigenvalue weighted by Crippen LogP contribution is -2.10. The lowest BCUT2D eigenvalue weighted by molar-refractivity contribution is 0.114. The first-order valence-electron chi connectivity index (χ1n) is 5.50. The molecule has 0 amide bonds. The number of aromatic nitrogens is 2. The summed E-state index contributed by atoms with van der Waals surface area (Å²) in [5.41, 5.74) is 6.00. The van der Waals surface area contributed by atoms with E-state index >= 15 is 0 Å². The summed E-state index contributed by atoms with van der Waals surface area (Å²) in [6.45, 7) is 3.11. The van der Waals surface area contributed by atoms with Crippen LogP contribution in [0.4, 0.5) is 0 Å². The van der Waals surface area contributed by atoms with E-state index in [0.717, 1.165) is 11.3 Å². The molecule has 5 nitrogen and oxygen atoms in total. The molecule has 92 valence electrons. The Kier molecular flexibility index (Phi) is 4.24. The highest BCUT2D eigenvalue weighted by Gasteiger charge is 2.17. The first-order valence-corrected chi connectivity index (χ1v) is 6.38. The lowest BCUT2D eigenvalue weighted by atomic mass is 10.2. The fourth-order valence-electron chi connectivity index (χ4n) is 1.35. The standard InChI is InChI=1S/C11H15N3O2S/c1-2-5-15-7-9-13-11(16-14-9)10(12)8-4-3-6-17-8/h3-4,6,10H,2,5,7,12H2,1H3. The molecule has 0 radical (unpaired) electrons. The number of hydrogen-bond donors (Lipinski definition) is 1. The van der Waals surface area contributed by atoms with Crippen LogP contribution >= 0.6 is 11.3 Å². The molecule has 2 N–H and O–H groups in total. The average Bonchev–Trinajstić information content (AvgIpc) is 3.00. The van der Waals surface area contributed by atoms with Gasteiger partial charge < -0.3 is 15.0 Å². The van der Waals surface area contributed by atoms with E-state index in [9.17, 15) is 0 Å². The SMILES string of the molecule is CCCOCc1noc(C(N)c2cccs2)n1. The van der Waals surface area contributed by atoms with Crippen molar-refractivity contribution in [2.75, 3.05) is 6.61 Å². The van der Waals surface area contributed by atoms with Crippen LogP contribution in [0.1, 0.15) is 36.0 Å². The average molecular weight is 253 g/mol. The van der Waals surface area contributed by atoms with Crippen LogP contribution in [0.25, 0.3) is 0 Å². The normalized spacial score (nSPS) is 12.8. The van der Waals surface area contributed by atoms with Gasteiger partial charge in [0.2, 0.25) is 5.89 Å².